The number of nitrogens with zero attached hydrogens (tertiary/aromatic N) is 1. The van der Waals surface area contributed by atoms with Crippen molar-refractivity contribution in [3.63, 3.8) is 0 Å². The molecule has 0 fully saturated rings. The molecular weight excluding hydrogens is 122 g/mol. The van der Waals surface area contributed by atoms with E-state index in [0.29, 0.717) is 0 Å². The third-order valence-corrected chi connectivity index (χ3v) is 0.729. The molecule has 9 heavy (non-hydrogen) atoms. The second-order valence-electron chi connectivity index (χ2n) is 1.38. The zero-order valence-corrected chi connectivity index (χ0v) is 4.29. The number of carbonyl (C=O) groups is 1. The maximum atomic E-state index is 10.2. The van der Waals surface area contributed by atoms with E-state index in [-0.39, 0.29) is 0 Å². The van der Waals surface area contributed by atoms with Crippen LogP contribution in [0.15, 0.2) is 10.6 Å². The monoisotopic (exact) mass is 130 g/mol. The molecule has 1 aromatic rings. The molecular formula is C5H5NO3. The first-order valence-corrected chi connectivity index (χ1v) is 2.12. The molecule has 0 aliphatic rings. The summed E-state index contributed by atoms with van der Waals surface area (Å²) in [7, 11) is 0. The van der Waals surface area contributed by atoms with Gasteiger partial charge in [0, 0.05) is 10.2 Å². The summed E-state index contributed by atoms with van der Waals surface area (Å²) in [6.07, 6.45) is 0. The topological polar surface area (TPSA) is 63.3 Å². The Morgan fingerprint density at radius 2 is 2.89 bits per heavy atom. The minimum absolute atomic E-state index is 0.402. The summed E-state index contributed by atoms with van der Waals surface area (Å²) in [5.74, 6) is -1.73. The van der Waals surface area contributed by atoms with Gasteiger partial charge in [-0.05, 0) is 6.85 Å². The molecule has 0 spiro atoms. The molecule has 1 aromatic heterocycles. The minimum Gasteiger partial charge on any atom is -0.476 e. The number of hydrogen-bond donors (Lipinski definition) is 1. The van der Waals surface area contributed by atoms with Gasteiger partial charge in [0.2, 0.25) is 0 Å². The van der Waals surface area contributed by atoms with Crippen molar-refractivity contribution in [3.8, 4) is 0 Å². The van der Waals surface area contributed by atoms with Crippen LogP contribution in [0.4, 0.5) is 0 Å². The van der Waals surface area contributed by atoms with Crippen LogP contribution >= 0.6 is 0 Å². The van der Waals surface area contributed by atoms with Crippen LogP contribution in [-0.4, -0.2) is 16.2 Å². The number of rotatable bonds is 1. The first-order chi connectivity index (χ1) is 5.41. The second kappa shape index (κ2) is 1.89. The maximum absolute atomic E-state index is 10.2. The fraction of sp³-hybridized carbons (Fsp3) is 0.200. The number of aromatic carboxylic acids is 1. The third-order valence-electron chi connectivity index (χ3n) is 0.729. The van der Waals surface area contributed by atoms with Crippen molar-refractivity contribution >= 4 is 5.97 Å². The number of carboxylic acids is 1. The van der Waals surface area contributed by atoms with Gasteiger partial charge in [-0.1, -0.05) is 5.16 Å². The Labute approximate surface area is 55.3 Å². The molecule has 0 radical (unpaired) electrons. The van der Waals surface area contributed by atoms with Crippen LogP contribution in [-0.2, 0) is 0 Å². The van der Waals surface area contributed by atoms with Crippen LogP contribution in [0, 0.1) is 6.85 Å². The van der Waals surface area contributed by atoms with Crippen molar-refractivity contribution in [1.82, 2.24) is 5.16 Å². The first kappa shape index (κ1) is 3.00. The summed E-state index contributed by atoms with van der Waals surface area (Å²) in [4.78, 5) is 10.2. The van der Waals surface area contributed by atoms with Gasteiger partial charge in [-0.2, -0.15) is 0 Å². The molecule has 4 heteroatoms. The normalized spacial score (nSPS) is 15.8. The largest absolute Gasteiger partial charge is 0.476 e. The van der Waals surface area contributed by atoms with Crippen LogP contribution in [0.3, 0.4) is 0 Å². The summed E-state index contributed by atoms with van der Waals surface area (Å²) in [6, 6.07) is 0.884. The zero-order valence-electron chi connectivity index (χ0n) is 7.29. The molecule has 0 unspecified atom stereocenters. The van der Waals surface area contributed by atoms with Crippen LogP contribution in [0.5, 0.6) is 0 Å². The van der Waals surface area contributed by atoms with Gasteiger partial charge in [-0.3, -0.25) is 0 Å². The van der Waals surface area contributed by atoms with Crippen LogP contribution < -0.4 is 0 Å². The minimum atomic E-state index is -2.44. The van der Waals surface area contributed by atoms with E-state index in [1.165, 1.54) is 0 Å². The first-order valence-electron chi connectivity index (χ1n) is 3.62. The molecule has 0 aliphatic heterocycles. The highest BCUT2D eigenvalue weighted by atomic mass is 16.5. The fourth-order valence-electron chi connectivity index (χ4n) is 0.376. The average Bonchev–Trinajstić information content (AvgIpc) is 2.30. The predicted octanol–water partition coefficient (Wildman–Crippen LogP) is 0.681. The lowest BCUT2D eigenvalue weighted by molar-refractivity contribution is 0.0685. The fourth-order valence-corrected chi connectivity index (χ4v) is 0.376. The Morgan fingerprint density at radius 3 is 3.22 bits per heavy atom. The van der Waals surface area contributed by atoms with Crippen molar-refractivity contribution in [1.29, 1.82) is 0 Å². The van der Waals surface area contributed by atoms with Crippen molar-refractivity contribution < 1.29 is 18.5 Å². The number of carboxylic acid groups (broad SMARTS) is 1. The van der Waals surface area contributed by atoms with Crippen molar-refractivity contribution in [2.24, 2.45) is 0 Å². The van der Waals surface area contributed by atoms with E-state index in [1.54, 1.807) is 0 Å². The highest BCUT2D eigenvalue weighted by Crippen LogP contribution is 1.99. The third kappa shape index (κ3) is 1.07. The lowest BCUT2D eigenvalue weighted by atomic mass is 10.4. The van der Waals surface area contributed by atoms with Gasteiger partial charge >= 0.3 is 5.97 Å². The van der Waals surface area contributed by atoms with E-state index in [9.17, 15) is 4.79 Å². The number of hydrogen-bond acceptors (Lipinski definition) is 3. The summed E-state index contributed by atoms with van der Waals surface area (Å²) in [5.41, 5.74) is -0.402. The molecule has 0 aromatic carbocycles. The quantitative estimate of drug-likeness (QED) is 0.607. The van der Waals surface area contributed by atoms with Crippen molar-refractivity contribution in [3.05, 3.63) is 17.5 Å². The second-order valence-corrected chi connectivity index (χ2v) is 1.38. The molecule has 1 heterocycles. The van der Waals surface area contributed by atoms with Gasteiger partial charge in [0.15, 0.2) is 5.69 Å². The van der Waals surface area contributed by atoms with Gasteiger partial charge in [-0.25, -0.2) is 4.79 Å². The van der Waals surface area contributed by atoms with Gasteiger partial charge in [0.25, 0.3) is 0 Å². The summed E-state index contributed by atoms with van der Waals surface area (Å²) >= 11 is 0. The SMILES string of the molecule is [2H]C([2H])([2H])c1cc(C(=O)O)no1. The molecule has 0 bridgehead atoms. The molecule has 0 saturated heterocycles. The lowest BCUT2D eigenvalue weighted by Gasteiger charge is -1.75. The molecule has 0 atom stereocenters. The Morgan fingerprint density at radius 1 is 2.11 bits per heavy atom. The standard InChI is InChI=1S/C5H5NO3/c1-3-2-4(5(7)8)6-9-3/h2H,1H3,(H,7,8)/i1D3. The summed E-state index contributed by atoms with van der Waals surface area (Å²) in [5, 5.41) is 11.4. The molecule has 4 nitrogen and oxygen atoms in total. The molecule has 0 aliphatic carbocycles. The summed E-state index contributed by atoms with van der Waals surface area (Å²) < 4.78 is 24.8. The van der Waals surface area contributed by atoms with E-state index in [0.717, 1.165) is 6.07 Å². The van der Waals surface area contributed by atoms with Gasteiger partial charge in [0.05, 0.1) is 0 Å². The zero-order chi connectivity index (χ0) is 9.35. The number of aryl methyl sites for hydroxylation is 1. The predicted molar refractivity (Wildman–Crippen MR) is 28.2 cm³/mol. The summed E-state index contributed by atoms with van der Waals surface area (Å²) in [6.45, 7) is -2.44. The van der Waals surface area contributed by atoms with Crippen LogP contribution in [0.1, 0.15) is 20.4 Å². The van der Waals surface area contributed by atoms with E-state index in [2.05, 4.69) is 9.68 Å². The van der Waals surface area contributed by atoms with E-state index in [1.807, 2.05) is 0 Å². The smallest absolute Gasteiger partial charge is 0.358 e. The number of aromatic nitrogens is 1. The molecule has 48 valence electrons. The molecule has 0 amide bonds. The van der Waals surface area contributed by atoms with Crippen molar-refractivity contribution in [2.45, 2.75) is 6.85 Å². The molecule has 0 saturated carbocycles. The molecule has 1 N–H and O–H groups in total. The van der Waals surface area contributed by atoms with E-state index in [4.69, 9.17) is 9.22 Å². The Hall–Kier alpha value is -1.32. The van der Waals surface area contributed by atoms with Crippen LogP contribution in [0.2, 0.25) is 0 Å². The molecule has 1 rings (SSSR count). The van der Waals surface area contributed by atoms with Gasteiger partial charge in [-0.15, -0.1) is 0 Å². The van der Waals surface area contributed by atoms with Crippen molar-refractivity contribution in [2.75, 3.05) is 0 Å². The van der Waals surface area contributed by atoms with Gasteiger partial charge in [0.1, 0.15) is 5.76 Å². The highest BCUT2D eigenvalue weighted by Gasteiger charge is 2.06. The van der Waals surface area contributed by atoms with Crippen LogP contribution in [0.25, 0.3) is 0 Å². The maximum Gasteiger partial charge on any atom is 0.358 e. The highest BCUT2D eigenvalue weighted by molar-refractivity contribution is 5.85. The van der Waals surface area contributed by atoms with E-state index >= 15 is 0 Å². The van der Waals surface area contributed by atoms with E-state index < -0.39 is 24.3 Å². The Balaban J connectivity index is 3.00. The van der Waals surface area contributed by atoms with Gasteiger partial charge < -0.3 is 9.63 Å². The Bertz CT molecular complexity index is 303. The Kier molecular flexibility index (Phi) is 0.631. The lowest BCUT2D eigenvalue weighted by Crippen LogP contribution is -1.94. The average molecular weight is 130 g/mol.